The molecule has 0 amide bonds. The second-order valence-corrected chi connectivity index (χ2v) is 17.9. The van der Waals surface area contributed by atoms with Gasteiger partial charge < -0.3 is 14.2 Å². The first-order chi connectivity index (χ1) is 27.9. The normalized spacial score (nSPS) is 11.9. The number of carbonyl (C=O) groups excluding carboxylic acids is 3. The molecule has 0 aliphatic carbocycles. The lowest BCUT2D eigenvalue weighted by Crippen LogP contribution is -2.30. The van der Waals surface area contributed by atoms with Gasteiger partial charge in [0.1, 0.15) is 13.2 Å². The molecule has 0 saturated heterocycles. The van der Waals surface area contributed by atoms with Gasteiger partial charge in [-0.15, -0.1) is 0 Å². The summed E-state index contributed by atoms with van der Waals surface area (Å²) >= 11 is 0. The fourth-order valence-corrected chi connectivity index (χ4v) is 7.69. The van der Waals surface area contributed by atoms with E-state index in [-0.39, 0.29) is 31.1 Å². The Morgan fingerprint density at radius 2 is 0.579 bits per heavy atom. The van der Waals surface area contributed by atoms with Crippen LogP contribution in [0.2, 0.25) is 0 Å². The first-order valence-electron chi connectivity index (χ1n) is 25.4. The first-order valence-corrected chi connectivity index (χ1v) is 25.4. The van der Waals surface area contributed by atoms with Crippen LogP contribution in [0.1, 0.15) is 285 Å². The van der Waals surface area contributed by atoms with Gasteiger partial charge in [-0.1, -0.05) is 246 Å². The average molecular weight is 807 g/mol. The van der Waals surface area contributed by atoms with Crippen LogP contribution < -0.4 is 0 Å². The van der Waals surface area contributed by atoms with Crippen molar-refractivity contribution in [3.63, 3.8) is 0 Å². The van der Waals surface area contributed by atoms with Crippen LogP contribution in [0.15, 0.2) is 0 Å². The maximum atomic E-state index is 12.7. The molecule has 338 valence electrons. The molecule has 0 aromatic carbocycles. The highest BCUT2D eigenvalue weighted by molar-refractivity contribution is 5.71. The van der Waals surface area contributed by atoms with E-state index < -0.39 is 6.10 Å². The number of carbonyl (C=O) groups is 3. The lowest BCUT2D eigenvalue weighted by atomic mass is 10.0. The molecule has 0 aromatic rings. The van der Waals surface area contributed by atoms with Crippen molar-refractivity contribution in [3.05, 3.63) is 0 Å². The molecule has 0 rings (SSSR count). The minimum atomic E-state index is -0.760. The summed E-state index contributed by atoms with van der Waals surface area (Å²) in [6.45, 7) is 9.01. The highest BCUT2D eigenvalue weighted by atomic mass is 16.6. The monoisotopic (exact) mass is 807 g/mol. The molecule has 0 heterocycles. The second-order valence-electron chi connectivity index (χ2n) is 17.9. The van der Waals surface area contributed by atoms with Gasteiger partial charge in [0.2, 0.25) is 0 Å². The third kappa shape index (κ3) is 45.3. The van der Waals surface area contributed by atoms with Gasteiger partial charge in [-0.3, -0.25) is 14.4 Å². The van der Waals surface area contributed by atoms with E-state index in [9.17, 15) is 14.4 Å². The molecule has 0 fully saturated rings. The van der Waals surface area contributed by atoms with Gasteiger partial charge in [-0.25, -0.2) is 0 Å². The lowest BCUT2D eigenvalue weighted by molar-refractivity contribution is -0.167. The van der Waals surface area contributed by atoms with Gasteiger partial charge >= 0.3 is 17.9 Å². The van der Waals surface area contributed by atoms with Crippen LogP contribution in [0.4, 0.5) is 0 Å². The molecule has 6 nitrogen and oxygen atoms in total. The zero-order valence-corrected chi connectivity index (χ0v) is 38.8. The minimum absolute atomic E-state index is 0.0629. The van der Waals surface area contributed by atoms with Crippen molar-refractivity contribution in [3.8, 4) is 0 Å². The standard InChI is InChI=1S/C51H98O6/c1-5-7-9-11-13-15-17-18-19-20-22-26-30-34-38-42-49(52)55-45-48(57-51(54)44-40-36-32-28-21-16-14-12-10-8-6-2)46-56-50(53)43-39-35-31-27-24-23-25-29-33-37-41-47(3)4/h47-48H,5-46H2,1-4H3/t48-/m0/s1. The molecule has 0 saturated carbocycles. The van der Waals surface area contributed by atoms with E-state index in [1.807, 2.05) is 0 Å². The van der Waals surface area contributed by atoms with E-state index in [4.69, 9.17) is 14.2 Å². The quantitative estimate of drug-likeness (QED) is 0.0346. The van der Waals surface area contributed by atoms with E-state index in [0.717, 1.165) is 63.7 Å². The van der Waals surface area contributed by atoms with Crippen LogP contribution >= 0.6 is 0 Å². The Bertz CT molecular complexity index is 857. The topological polar surface area (TPSA) is 78.9 Å². The predicted octanol–water partition coefficient (Wildman–Crippen LogP) is 16.3. The fourth-order valence-electron chi connectivity index (χ4n) is 7.69. The number of rotatable bonds is 46. The molecule has 0 radical (unpaired) electrons. The summed E-state index contributed by atoms with van der Waals surface area (Å²) in [4.78, 5) is 37.9. The summed E-state index contributed by atoms with van der Waals surface area (Å²) < 4.78 is 16.8. The van der Waals surface area contributed by atoms with Crippen LogP contribution in [-0.2, 0) is 28.6 Å². The second kappa shape index (κ2) is 45.5. The SMILES string of the molecule is CCCCCCCCCCCCCCCCCC(=O)OC[C@@H](COC(=O)CCCCCCCCCCCCC(C)C)OC(=O)CCCCCCCCCCCCC. The lowest BCUT2D eigenvalue weighted by Gasteiger charge is -2.18. The van der Waals surface area contributed by atoms with Crippen LogP contribution in [-0.4, -0.2) is 37.2 Å². The number of hydrogen-bond donors (Lipinski definition) is 0. The summed E-state index contributed by atoms with van der Waals surface area (Å²) in [5.74, 6) is -0.0281. The summed E-state index contributed by atoms with van der Waals surface area (Å²) in [7, 11) is 0. The van der Waals surface area contributed by atoms with E-state index in [1.165, 1.54) is 180 Å². The smallest absolute Gasteiger partial charge is 0.306 e. The summed E-state index contributed by atoms with van der Waals surface area (Å²) in [6, 6.07) is 0. The molecular formula is C51H98O6. The van der Waals surface area contributed by atoms with Crippen LogP contribution in [0.25, 0.3) is 0 Å². The highest BCUT2D eigenvalue weighted by Gasteiger charge is 2.19. The molecule has 6 heteroatoms. The zero-order chi connectivity index (χ0) is 41.7. The average Bonchev–Trinajstić information content (AvgIpc) is 3.19. The maximum absolute atomic E-state index is 12.7. The summed E-state index contributed by atoms with van der Waals surface area (Å²) in [5.41, 5.74) is 0. The molecule has 0 unspecified atom stereocenters. The number of esters is 3. The zero-order valence-electron chi connectivity index (χ0n) is 38.8. The van der Waals surface area contributed by atoms with E-state index >= 15 is 0 Å². The summed E-state index contributed by atoms with van der Waals surface area (Å²) in [6.07, 6.45) is 46.5. The Labute approximate surface area is 355 Å². The van der Waals surface area contributed by atoms with E-state index in [2.05, 4.69) is 27.7 Å². The number of unbranched alkanes of at least 4 members (excludes halogenated alkanes) is 33. The molecule has 1 atom stereocenters. The van der Waals surface area contributed by atoms with Crippen LogP contribution in [0, 0.1) is 5.92 Å². The van der Waals surface area contributed by atoms with Gasteiger partial charge in [0.25, 0.3) is 0 Å². The van der Waals surface area contributed by atoms with Crippen molar-refractivity contribution >= 4 is 17.9 Å². The highest BCUT2D eigenvalue weighted by Crippen LogP contribution is 2.17. The van der Waals surface area contributed by atoms with Crippen molar-refractivity contribution in [2.75, 3.05) is 13.2 Å². The Balaban J connectivity index is 4.29. The van der Waals surface area contributed by atoms with Crippen molar-refractivity contribution in [1.29, 1.82) is 0 Å². The fraction of sp³-hybridized carbons (Fsp3) is 0.941. The molecular weight excluding hydrogens is 709 g/mol. The molecule has 0 bridgehead atoms. The molecule has 0 spiro atoms. The van der Waals surface area contributed by atoms with E-state index in [0.29, 0.717) is 19.3 Å². The van der Waals surface area contributed by atoms with Crippen LogP contribution in [0.5, 0.6) is 0 Å². The number of ether oxygens (including phenoxy) is 3. The van der Waals surface area contributed by atoms with Crippen LogP contribution in [0.3, 0.4) is 0 Å². The van der Waals surface area contributed by atoms with Gasteiger partial charge in [-0.2, -0.15) is 0 Å². The molecule has 57 heavy (non-hydrogen) atoms. The van der Waals surface area contributed by atoms with Gasteiger partial charge in [0.05, 0.1) is 0 Å². The molecule has 0 aliphatic rings. The van der Waals surface area contributed by atoms with Crippen molar-refractivity contribution in [2.24, 2.45) is 5.92 Å². The Morgan fingerprint density at radius 3 is 0.860 bits per heavy atom. The van der Waals surface area contributed by atoms with Crippen molar-refractivity contribution < 1.29 is 28.6 Å². The summed E-state index contributed by atoms with van der Waals surface area (Å²) in [5, 5.41) is 0. The van der Waals surface area contributed by atoms with Gasteiger partial charge in [-0.05, 0) is 25.2 Å². The van der Waals surface area contributed by atoms with Crippen molar-refractivity contribution in [1.82, 2.24) is 0 Å². The Morgan fingerprint density at radius 1 is 0.333 bits per heavy atom. The number of hydrogen-bond acceptors (Lipinski definition) is 6. The third-order valence-electron chi connectivity index (χ3n) is 11.5. The third-order valence-corrected chi connectivity index (χ3v) is 11.5. The molecule has 0 aliphatic heterocycles. The first kappa shape index (κ1) is 55.4. The predicted molar refractivity (Wildman–Crippen MR) is 243 cm³/mol. The molecule has 0 N–H and O–H groups in total. The Hall–Kier alpha value is -1.59. The van der Waals surface area contributed by atoms with E-state index in [1.54, 1.807) is 0 Å². The maximum Gasteiger partial charge on any atom is 0.306 e. The Kier molecular flexibility index (Phi) is 44.2. The van der Waals surface area contributed by atoms with Gasteiger partial charge in [0, 0.05) is 19.3 Å². The van der Waals surface area contributed by atoms with Crippen molar-refractivity contribution in [2.45, 2.75) is 291 Å². The largest absolute Gasteiger partial charge is 0.462 e. The minimum Gasteiger partial charge on any atom is -0.462 e. The molecule has 0 aromatic heterocycles. The van der Waals surface area contributed by atoms with Gasteiger partial charge in [0.15, 0.2) is 6.10 Å².